The van der Waals surface area contributed by atoms with Crippen molar-refractivity contribution in [3.8, 4) is 11.1 Å². The SMILES string of the molecule is O=C1NC(=S)S/C1=C\c1cc2cncc(-c3cc(Cl)c(S(=O)(=O)NCCO)c(Cl)c3)c2o1. The maximum absolute atomic E-state index is 12.4. The molecular formula is C19H13Cl2N3O5S3. The highest BCUT2D eigenvalue weighted by Crippen LogP contribution is 2.38. The second-order valence-corrected chi connectivity index (χ2v) is 10.7. The first-order valence-corrected chi connectivity index (χ1v) is 12.4. The van der Waals surface area contributed by atoms with Crippen LogP contribution in [0.5, 0.6) is 0 Å². The summed E-state index contributed by atoms with van der Waals surface area (Å²) in [6.45, 7) is -0.547. The number of thiocarbonyl (C=S) groups is 1. The number of fused-ring (bicyclic) bond motifs is 1. The molecule has 32 heavy (non-hydrogen) atoms. The Morgan fingerprint density at radius 3 is 2.59 bits per heavy atom. The van der Waals surface area contributed by atoms with Crippen LogP contribution in [0.2, 0.25) is 10.0 Å². The van der Waals surface area contributed by atoms with Crippen LogP contribution in [0.4, 0.5) is 0 Å². The molecule has 166 valence electrons. The number of carbonyl (C=O) groups excluding carboxylic acids is 1. The molecule has 2 aromatic heterocycles. The second-order valence-electron chi connectivity index (χ2n) is 6.50. The first kappa shape index (κ1) is 23.2. The Morgan fingerprint density at radius 1 is 1.25 bits per heavy atom. The average Bonchev–Trinajstić information content (AvgIpc) is 3.27. The van der Waals surface area contributed by atoms with Crippen molar-refractivity contribution >= 4 is 84.5 Å². The van der Waals surface area contributed by atoms with Gasteiger partial charge in [-0.05, 0) is 23.8 Å². The van der Waals surface area contributed by atoms with Crippen molar-refractivity contribution in [2.45, 2.75) is 4.90 Å². The molecule has 1 amide bonds. The van der Waals surface area contributed by atoms with E-state index in [9.17, 15) is 13.2 Å². The van der Waals surface area contributed by atoms with Crippen LogP contribution in [-0.4, -0.2) is 41.9 Å². The number of nitrogens with one attached hydrogen (secondary N) is 2. The van der Waals surface area contributed by atoms with Gasteiger partial charge in [0.05, 0.1) is 21.6 Å². The van der Waals surface area contributed by atoms with E-state index >= 15 is 0 Å². The van der Waals surface area contributed by atoms with Crippen molar-refractivity contribution in [2.75, 3.05) is 13.2 Å². The van der Waals surface area contributed by atoms with Crippen LogP contribution in [0.15, 0.2) is 44.8 Å². The Bertz CT molecular complexity index is 1380. The van der Waals surface area contributed by atoms with E-state index in [0.29, 0.717) is 37.1 Å². The maximum Gasteiger partial charge on any atom is 0.263 e. The van der Waals surface area contributed by atoms with Crippen LogP contribution in [0.25, 0.3) is 28.2 Å². The number of rotatable bonds is 6. The van der Waals surface area contributed by atoms with Crippen LogP contribution >= 0.6 is 47.2 Å². The first-order chi connectivity index (χ1) is 15.2. The molecule has 0 unspecified atom stereocenters. The molecule has 0 atom stereocenters. The normalized spacial score (nSPS) is 15.7. The zero-order valence-electron chi connectivity index (χ0n) is 15.9. The van der Waals surface area contributed by atoms with Crippen molar-refractivity contribution in [1.82, 2.24) is 15.0 Å². The van der Waals surface area contributed by atoms with Crippen LogP contribution in [0.3, 0.4) is 0 Å². The zero-order valence-corrected chi connectivity index (χ0v) is 19.8. The number of furan rings is 1. The fourth-order valence-corrected chi connectivity index (χ4v) is 6.29. The third-order valence-electron chi connectivity index (χ3n) is 4.34. The van der Waals surface area contributed by atoms with Crippen LogP contribution < -0.4 is 10.0 Å². The molecule has 1 aliphatic rings. The molecule has 0 bridgehead atoms. The summed E-state index contributed by atoms with van der Waals surface area (Å²) in [6, 6.07) is 4.60. The number of benzene rings is 1. The van der Waals surface area contributed by atoms with E-state index in [1.807, 2.05) is 0 Å². The molecular weight excluding hydrogens is 517 g/mol. The van der Waals surface area contributed by atoms with E-state index in [2.05, 4.69) is 15.0 Å². The summed E-state index contributed by atoms with van der Waals surface area (Å²) in [7, 11) is -4.02. The molecule has 8 nitrogen and oxygen atoms in total. The van der Waals surface area contributed by atoms with Gasteiger partial charge in [0.25, 0.3) is 5.91 Å². The summed E-state index contributed by atoms with van der Waals surface area (Å²) in [5, 5.41) is 11.9. The highest BCUT2D eigenvalue weighted by atomic mass is 35.5. The summed E-state index contributed by atoms with van der Waals surface area (Å²) in [5.41, 5.74) is 1.48. The lowest BCUT2D eigenvalue weighted by Crippen LogP contribution is -2.27. The van der Waals surface area contributed by atoms with Gasteiger partial charge < -0.3 is 14.8 Å². The van der Waals surface area contributed by atoms with Crippen molar-refractivity contribution in [1.29, 1.82) is 0 Å². The number of halogens is 2. The Balaban J connectivity index is 1.77. The number of aliphatic hydroxyl groups excluding tert-OH is 1. The summed E-state index contributed by atoms with van der Waals surface area (Å²) < 4.78 is 33.4. The average molecular weight is 530 g/mol. The lowest BCUT2D eigenvalue weighted by atomic mass is 10.1. The molecule has 1 aromatic carbocycles. The van der Waals surface area contributed by atoms with Gasteiger partial charge >= 0.3 is 0 Å². The summed E-state index contributed by atoms with van der Waals surface area (Å²) in [6.07, 6.45) is 4.71. The number of sulfonamides is 1. The Labute approximate surface area is 202 Å². The van der Waals surface area contributed by atoms with Crippen LogP contribution in [0, 0.1) is 0 Å². The zero-order chi connectivity index (χ0) is 23.0. The largest absolute Gasteiger partial charge is 0.456 e. The molecule has 0 radical (unpaired) electrons. The second kappa shape index (κ2) is 9.10. The molecule has 3 N–H and O–H groups in total. The minimum atomic E-state index is -4.02. The van der Waals surface area contributed by atoms with Crippen molar-refractivity contribution < 1.29 is 22.7 Å². The third kappa shape index (κ3) is 4.55. The number of nitrogens with zero attached hydrogens (tertiary/aromatic N) is 1. The highest BCUT2D eigenvalue weighted by Gasteiger charge is 2.24. The maximum atomic E-state index is 12.4. The number of thioether (sulfide) groups is 1. The van der Waals surface area contributed by atoms with Gasteiger partial charge in [-0.2, -0.15) is 0 Å². The number of hydrogen-bond donors (Lipinski definition) is 3. The van der Waals surface area contributed by atoms with Crippen LogP contribution in [0.1, 0.15) is 5.76 Å². The van der Waals surface area contributed by atoms with Crippen molar-refractivity contribution in [3.05, 3.63) is 51.3 Å². The lowest BCUT2D eigenvalue weighted by Gasteiger charge is -2.11. The van der Waals surface area contributed by atoms with Gasteiger partial charge in [0.2, 0.25) is 10.0 Å². The van der Waals surface area contributed by atoms with E-state index in [1.54, 1.807) is 18.3 Å². The molecule has 13 heteroatoms. The minimum absolute atomic E-state index is 0.101. The van der Waals surface area contributed by atoms with E-state index < -0.39 is 10.0 Å². The molecule has 0 saturated carbocycles. The van der Waals surface area contributed by atoms with Gasteiger partial charge in [-0.3, -0.25) is 9.78 Å². The monoisotopic (exact) mass is 529 g/mol. The summed E-state index contributed by atoms with van der Waals surface area (Å²) in [4.78, 5) is 16.2. The van der Waals surface area contributed by atoms with E-state index in [4.69, 9.17) is 44.9 Å². The van der Waals surface area contributed by atoms with E-state index in [0.717, 1.165) is 11.8 Å². The van der Waals surface area contributed by atoms with Gasteiger partial charge in [0, 0.05) is 36.0 Å². The first-order valence-electron chi connectivity index (χ1n) is 8.92. The van der Waals surface area contributed by atoms with Gasteiger partial charge in [0.1, 0.15) is 20.6 Å². The molecule has 0 aliphatic carbocycles. The van der Waals surface area contributed by atoms with Crippen molar-refractivity contribution in [2.24, 2.45) is 0 Å². The molecule has 3 heterocycles. The standard InChI is InChI=1S/C19H13Cl2N3O5S3/c20-13-4-9(5-14(21)17(13)32(27,28)23-1-2-25)12-8-22-7-10-3-11(29-16(10)12)6-15-18(26)24-19(30)31-15/h3-8,23,25H,1-2H2,(H,24,26,30)/b15-6-. The molecule has 1 fully saturated rings. The Morgan fingerprint density at radius 2 is 1.97 bits per heavy atom. The molecule has 1 aliphatic heterocycles. The summed E-state index contributed by atoms with van der Waals surface area (Å²) in [5.74, 6) is 0.116. The number of hydrogen-bond acceptors (Lipinski definition) is 8. The lowest BCUT2D eigenvalue weighted by molar-refractivity contribution is -0.115. The summed E-state index contributed by atoms with van der Waals surface area (Å²) >= 11 is 18.6. The van der Waals surface area contributed by atoms with Gasteiger partial charge in [0.15, 0.2) is 0 Å². The predicted molar refractivity (Wildman–Crippen MR) is 128 cm³/mol. The Hall–Kier alpha value is -1.99. The van der Waals surface area contributed by atoms with Gasteiger partial charge in [-0.15, -0.1) is 0 Å². The topological polar surface area (TPSA) is 122 Å². The smallest absolute Gasteiger partial charge is 0.263 e. The molecule has 3 aromatic rings. The minimum Gasteiger partial charge on any atom is -0.456 e. The fourth-order valence-electron chi connectivity index (χ4n) is 3.03. The fraction of sp³-hybridized carbons (Fsp3) is 0.105. The van der Waals surface area contributed by atoms with Crippen LogP contribution in [-0.2, 0) is 14.8 Å². The Kier molecular flexibility index (Phi) is 6.59. The third-order valence-corrected chi connectivity index (χ3v) is 7.88. The van der Waals surface area contributed by atoms with Gasteiger partial charge in [-0.1, -0.05) is 47.2 Å². The quantitative estimate of drug-likeness (QED) is 0.327. The van der Waals surface area contributed by atoms with Crippen molar-refractivity contribution in [3.63, 3.8) is 0 Å². The predicted octanol–water partition coefficient (Wildman–Crippen LogP) is 3.56. The number of amides is 1. The van der Waals surface area contributed by atoms with E-state index in [1.165, 1.54) is 18.3 Å². The molecule has 4 rings (SSSR count). The number of carbonyl (C=O) groups is 1. The van der Waals surface area contributed by atoms with Gasteiger partial charge in [-0.25, -0.2) is 13.1 Å². The van der Waals surface area contributed by atoms with E-state index in [-0.39, 0.29) is 34.0 Å². The molecule has 1 saturated heterocycles. The number of aromatic nitrogens is 1. The number of aliphatic hydroxyl groups is 1. The molecule has 0 spiro atoms. The highest BCUT2D eigenvalue weighted by molar-refractivity contribution is 8.26. The number of pyridine rings is 1.